The molecule has 0 fully saturated rings. The topological polar surface area (TPSA) is 99.0 Å². The molecule has 2 aromatic heterocycles. The largest absolute Gasteiger partial charge is 0.493 e. The van der Waals surface area contributed by atoms with E-state index >= 15 is 0 Å². The van der Waals surface area contributed by atoms with Crippen molar-refractivity contribution in [2.45, 2.75) is 39.7 Å². The number of carbonyl (C=O) groups excluding carboxylic acids is 2. The molecule has 8 nitrogen and oxygen atoms in total. The summed E-state index contributed by atoms with van der Waals surface area (Å²) in [5, 5.41) is 7.73. The third-order valence-electron chi connectivity index (χ3n) is 5.72. The minimum absolute atomic E-state index is 0.0738. The van der Waals surface area contributed by atoms with Crippen molar-refractivity contribution in [1.82, 2.24) is 25.1 Å². The monoisotopic (exact) mass is 503 g/mol. The highest BCUT2D eigenvalue weighted by molar-refractivity contribution is 7.15. The maximum atomic E-state index is 12.5. The number of fused-ring (bicyclic) bond motifs is 3. The number of ether oxygens (including phenoxy) is 1. The second kappa shape index (κ2) is 10.8. The van der Waals surface area contributed by atoms with Gasteiger partial charge in [0.2, 0.25) is 5.91 Å². The lowest BCUT2D eigenvalue weighted by molar-refractivity contribution is -0.119. The molecule has 1 aliphatic heterocycles. The predicted octanol–water partition coefficient (Wildman–Crippen LogP) is 4.81. The molecule has 4 rings (SSSR count). The van der Waals surface area contributed by atoms with E-state index in [1.165, 1.54) is 6.92 Å². The Morgan fingerprint density at radius 3 is 2.86 bits per heavy atom. The summed E-state index contributed by atoms with van der Waals surface area (Å²) in [6.07, 6.45) is 7.72. The van der Waals surface area contributed by atoms with Crippen molar-refractivity contribution in [3.63, 3.8) is 0 Å². The quantitative estimate of drug-likeness (QED) is 0.350. The lowest BCUT2D eigenvalue weighted by atomic mass is 9.97. The van der Waals surface area contributed by atoms with E-state index in [1.54, 1.807) is 42.9 Å². The normalized spacial score (nSPS) is 13.2. The number of aromatic nitrogens is 4. The van der Waals surface area contributed by atoms with E-state index in [1.807, 2.05) is 22.9 Å². The molecular weight excluding hydrogens is 474 g/mol. The number of hydrogen-bond donors (Lipinski definition) is 1. The number of nitrogens with zero attached hydrogens (tertiary/aromatic N) is 4. The Labute approximate surface area is 214 Å². The van der Waals surface area contributed by atoms with Gasteiger partial charge in [0.15, 0.2) is 16.6 Å². The fourth-order valence-electron chi connectivity index (χ4n) is 3.92. The number of thiazole rings is 1. The van der Waals surface area contributed by atoms with Crippen LogP contribution < -0.4 is 10.1 Å². The van der Waals surface area contributed by atoms with E-state index in [4.69, 9.17) is 9.72 Å². The molecule has 1 aromatic carbocycles. The molecule has 0 radical (unpaired) electrons. The lowest BCUT2D eigenvalue weighted by Crippen LogP contribution is -2.17. The van der Waals surface area contributed by atoms with Gasteiger partial charge in [0, 0.05) is 35.5 Å². The van der Waals surface area contributed by atoms with E-state index in [0.29, 0.717) is 17.8 Å². The van der Waals surface area contributed by atoms with E-state index in [0.717, 1.165) is 44.7 Å². The highest BCUT2D eigenvalue weighted by Gasteiger charge is 2.24. The van der Waals surface area contributed by atoms with Gasteiger partial charge >= 0.3 is 0 Å². The maximum absolute atomic E-state index is 12.5. The van der Waals surface area contributed by atoms with Gasteiger partial charge in [0.05, 0.1) is 18.7 Å². The molecular formula is C27H29N5O3S. The van der Waals surface area contributed by atoms with Crippen LogP contribution in [0.15, 0.2) is 54.9 Å². The van der Waals surface area contributed by atoms with Crippen molar-refractivity contribution < 1.29 is 14.3 Å². The van der Waals surface area contributed by atoms with Gasteiger partial charge in [-0.2, -0.15) is 5.10 Å². The molecule has 0 spiro atoms. The van der Waals surface area contributed by atoms with Crippen LogP contribution in [-0.2, 0) is 16.0 Å². The van der Waals surface area contributed by atoms with Crippen LogP contribution >= 0.6 is 11.3 Å². The van der Waals surface area contributed by atoms with Gasteiger partial charge in [-0.05, 0) is 44.0 Å². The molecule has 1 amide bonds. The number of carbonyl (C=O) groups is 2. The number of amides is 1. The highest BCUT2D eigenvalue weighted by Crippen LogP contribution is 2.41. The number of Topliss-reactive ketones (excluding diaryl/α,β-unsaturated/α-hetero) is 1. The molecule has 0 bridgehead atoms. The standard InChI is InChI=1S/C27H29N5O3S/c1-16(2)32-26(29-15-30-32)27-31-25-21-14-19(9-10-22(21)35-12-11-23(25)36-27)20(18(4)33)8-6-7-17(3)13-24(34)28-5/h6-10,14-16H,3,11-13H2,1-2,4-5H3,(H,28,34)/b7-6-,20-8+. The van der Waals surface area contributed by atoms with Gasteiger partial charge in [-0.15, -0.1) is 11.3 Å². The molecule has 0 saturated heterocycles. The minimum Gasteiger partial charge on any atom is -0.493 e. The molecule has 3 aromatic rings. The average Bonchev–Trinajstić information content (AvgIpc) is 3.46. The van der Waals surface area contributed by atoms with Crippen LogP contribution in [0.4, 0.5) is 0 Å². The predicted molar refractivity (Wildman–Crippen MR) is 142 cm³/mol. The molecule has 1 N–H and O–H groups in total. The van der Waals surface area contributed by atoms with Crippen molar-refractivity contribution >= 4 is 28.6 Å². The lowest BCUT2D eigenvalue weighted by Gasteiger charge is -2.11. The minimum atomic E-state index is -0.115. The molecule has 0 aliphatic carbocycles. The fraction of sp³-hybridized carbons (Fsp3) is 0.296. The van der Waals surface area contributed by atoms with Gasteiger partial charge in [0.25, 0.3) is 0 Å². The van der Waals surface area contributed by atoms with Crippen molar-refractivity contribution in [3.05, 3.63) is 65.3 Å². The third kappa shape index (κ3) is 5.36. The van der Waals surface area contributed by atoms with Crippen LogP contribution in [0.3, 0.4) is 0 Å². The third-order valence-corrected chi connectivity index (χ3v) is 6.83. The number of hydrogen-bond acceptors (Lipinski definition) is 7. The maximum Gasteiger partial charge on any atom is 0.224 e. The Bertz CT molecular complexity index is 1380. The second-order valence-electron chi connectivity index (χ2n) is 8.73. The first kappa shape index (κ1) is 25.2. The van der Waals surface area contributed by atoms with E-state index in [2.05, 4.69) is 35.8 Å². The Morgan fingerprint density at radius 1 is 1.33 bits per heavy atom. The smallest absolute Gasteiger partial charge is 0.224 e. The molecule has 0 unspecified atom stereocenters. The number of nitrogens with one attached hydrogen (secondary N) is 1. The Balaban J connectivity index is 1.71. The van der Waals surface area contributed by atoms with Gasteiger partial charge in [0.1, 0.15) is 12.1 Å². The summed E-state index contributed by atoms with van der Waals surface area (Å²) >= 11 is 1.60. The summed E-state index contributed by atoms with van der Waals surface area (Å²) in [4.78, 5) is 34.6. The van der Waals surface area contributed by atoms with Crippen LogP contribution in [-0.4, -0.2) is 45.1 Å². The van der Waals surface area contributed by atoms with E-state index < -0.39 is 0 Å². The summed E-state index contributed by atoms with van der Waals surface area (Å²) in [5.41, 5.74) is 3.65. The Kier molecular flexibility index (Phi) is 7.59. The first-order valence-corrected chi connectivity index (χ1v) is 12.5. The molecule has 36 heavy (non-hydrogen) atoms. The van der Waals surface area contributed by atoms with Crippen LogP contribution in [0.2, 0.25) is 0 Å². The molecule has 0 saturated carbocycles. The zero-order valence-electron chi connectivity index (χ0n) is 20.9. The Morgan fingerprint density at radius 2 is 2.14 bits per heavy atom. The zero-order valence-corrected chi connectivity index (χ0v) is 21.7. The molecule has 3 heterocycles. The Hall–Kier alpha value is -3.85. The average molecular weight is 504 g/mol. The first-order valence-electron chi connectivity index (χ1n) is 11.7. The van der Waals surface area contributed by atoms with Crippen molar-refractivity contribution in [2.75, 3.05) is 13.7 Å². The molecule has 0 atom stereocenters. The number of ketones is 1. The number of benzene rings is 1. The summed E-state index contributed by atoms with van der Waals surface area (Å²) < 4.78 is 7.87. The van der Waals surface area contributed by atoms with Gasteiger partial charge in [-0.25, -0.2) is 14.6 Å². The van der Waals surface area contributed by atoms with Gasteiger partial charge in [-0.1, -0.05) is 30.9 Å². The zero-order chi connectivity index (χ0) is 25.8. The highest BCUT2D eigenvalue weighted by atomic mass is 32.1. The molecule has 186 valence electrons. The van der Waals surface area contributed by atoms with Crippen molar-refractivity contribution in [3.8, 4) is 27.8 Å². The summed E-state index contributed by atoms with van der Waals surface area (Å²) in [6, 6.07) is 5.89. The number of allylic oxidation sites excluding steroid dienone is 4. The van der Waals surface area contributed by atoms with Crippen LogP contribution in [0.5, 0.6) is 5.75 Å². The fourth-order valence-corrected chi connectivity index (χ4v) is 4.97. The summed E-state index contributed by atoms with van der Waals surface area (Å²) in [5.74, 6) is 1.29. The van der Waals surface area contributed by atoms with E-state index in [-0.39, 0.29) is 24.2 Å². The van der Waals surface area contributed by atoms with Gasteiger partial charge in [-0.3, -0.25) is 9.59 Å². The van der Waals surface area contributed by atoms with Crippen LogP contribution in [0.25, 0.3) is 27.7 Å². The molecule has 9 heteroatoms. The van der Waals surface area contributed by atoms with E-state index in [9.17, 15) is 9.59 Å². The van der Waals surface area contributed by atoms with Gasteiger partial charge < -0.3 is 10.1 Å². The first-order chi connectivity index (χ1) is 17.3. The SMILES string of the molecule is C=C(/C=C\C=C(/C(C)=O)c1ccc2c(c1)-c1nc(-c3ncnn3C(C)C)sc1CCO2)CC(=O)NC. The van der Waals surface area contributed by atoms with Crippen molar-refractivity contribution in [2.24, 2.45) is 0 Å². The second-order valence-corrected chi connectivity index (χ2v) is 9.81. The van der Waals surface area contributed by atoms with Crippen LogP contribution in [0.1, 0.15) is 43.7 Å². The summed E-state index contributed by atoms with van der Waals surface area (Å²) in [7, 11) is 1.58. The number of rotatable bonds is 8. The van der Waals surface area contributed by atoms with Crippen molar-refractivity contribution in [1.29, 1.82) is 0 Å². The van der Waals surface area contributed by atoms with Crippen LogP contribution in [0, 0.1) is 0 Å². The summed E-state index contributed by atoms with van der Waals surface area (Å²) in [6.45, 7) is 10.1. The molecule has 1 aliphatic rings.